The van der Waals surface area contributed by atoms with E-state index in [1.165, 1.54) is 23.8 Å². The van der Waals surface area contributed by atoms with E-state index in [1.807, 2.05) is 54.6 Å². The fraction of sp³-hybridized carbons (Fsp3) is 0.550. The van der Waals surface area contributed by atoms with Crippen molar-refractivity contribution in [2.24, 2.45) is 11.8 Å². The summed E-state index contributed by atoms with van der Waals surface area (Å²) in [5.41, 5.74) is 4.13. The minimum Gasteiger partial charge on any atom is -0.469 e. The molecule has 2 fully saturated rings. The highest BCUT2D eigenvalue weighted by atomic mass is 32.2. The van der Waals surface area contributed by atoms with Crippen molar-refractivity contribution in [1.82, 2.24) is 15.7 Å². The summed E-state index contributed by atoms with van der Waals surface area (Å²) in [7, 11) is 1.42. The van der Waals surface area contributed by atoms with E-state index in [2.05, 4.69) is 16.1 Å². The van der Waals surface area contributed by atoms with E-state index in [-0.39, 0.29) is 54.5 Å². The van der Waals surface area contributed by atoms with Crippen LogP contribution in [0.1, 0.15) is 102 Å². The lowest BCUT2D eigenvalue weighted by Crippen LogP contribution is -2.33. The van der Waals surface area contributed by atoms with Crippen LogP contribution in [0.2, 0.25) is 0 Å². The fourth-order valence-electron chi connectivity index (χ4n) is 6.58. The minimum atomic E-state index is -0.469. The van der Waals surface area contributed by atoms with E-state index in [0.29, 0.717) is 57.5 Å². The van der Waals surface area contributed by atoms with Crippen LogP contribution < -0.4 is 16.1 Å². The molecule has 3 N–H and O–H groups in total. The molecule has 13 heteroatoms. The first-order valence-corrected chi connectivity index (χ1v) is 19.8. The zero-order valence-corrected chi connectivity index (χ0v) is 31.6. The van der Waals surface area contributed by atoms with Crippen molar-refractivity contribution in [2.75, 3.05) is 25.5 Å². The largest absolute Gasteiger partial charge is 0.469 e. The predicted octanol–water partition coefficient (Wildman–Crippen LogP) is 6.09. The molecule has 1 heterocycles. The van der Waals surface area contributed by atoms with E-state index in [0.717, 1.165) is 67.5 Å². The van der Waals surface area contributed by atoms with Gasteiger partial charge in [-0.05, 0) is 87.1 Å². The Bertz CT molecular complexity index is 1500. The number of carbonyl (C=O) groups is 6. The molecule has 1 saturated heterocycles. The fourth-order valence-corrected chi connectivity index (χ4v) is 7.65. The average Bonchev–Trinajstić information content (AvgIpc) is 3.43. The number of esters is 1. The molecule has 12 nitrogen and oxygen atoms in total. The second-order valence-corrected chi connectivity index (χ2v) is 15.1. The number of ether oxygens (including phenoxy) is 1. The van der Waals surface area contributed by atoms with Gasteiger partial charge in [-0.2, -0.15) is 0 Å². The van der Waals surface area contributed by atoms with Crippen LogP contribution in [0.4, 0.5) is 5.69 Å². The summed E-state index contributed by atoms with van der Waals surface area (Å²) in [6.45, 7) is 1.18. The summed E-state index contributed by atoms with van der Waals surface area (Å²) in [5, 5.41) is 5.42. The van der Waals surface area contributed by atoms with Gasteiger partial charge in [0.1, 0.15) is 0 Å². The number of carbonyl (C=O) groups excluding carboxylic acids is 6. The van der Waals surface area contributed by atoms with E-state index < -0.39 is 5.25 Å². The van der Waals surface area contributed by atoms with Gasteiger partial charge in [-0.25, -0.2) is 5.48 Å². The zero-order valence-electron chi connectivity index (χ0n) is 30.8. The van der Waals surface area contributed by atoms with Gasteiger partial charge in [-0.15, -0.1) is 11.8 Å². The molecule has 288 valence electrons. The first-order chi connectivity index (χ1) is 25.7. The number of hydroxylamine groups is 1. The van der Waals surface area contributed by atoms with Gasteiger partial charge in [0.25, 0.3) is 0 Å². The van der Waals surface area contributed by atoms with Gasteiger partial charge >= 0.3 is 5.97 Å². The maximum Gasteiger partial charge on any atom is 0.308 e. The molecule has 2 aromatic carbocycles. The Morgan fingerprint density at radius 3 is 2.09 bits per heavy atom. The molecule has 1 atom stereocenters. The SMILES string of the molecule is COC(=O)C1CCC(CNC(=O)CCCCCN2C(=O)CC(Sc3ccc(CONC(=O)CCCCCCC(=O)Nc4ccccc4)cc3)C2=O)CC1. The molecule has 2 aromatic rings. The molecule has 1 saturated carbocycles. The average molecular weight is 751 g/mol. The molecule has 0 radical (unpaired) electrons. The van der Waals surface area contributed by atoms with Crippen LogP contribution in [0, 0.1) is 11.8 Å². The van der Waals surface area contributed by atoms with Crippen LogP contribution in [0.25, 0.3) is 0 Å². The van der Waals surface area contributed by atoms with E-state index in [9.17, 15) is 28.8 Å². The lowest BCUT2D eigenvalue weighted by molar-refractivity contribution is -0.147. The highest BCUT2D eigenvalue weighted by molar-refractivity contribution is 8.00. The lowest BCUT2D eigenvalue weighted by atomic mass is 9.82. The Kier molecular flexibility index (Phi) is 17.8. The van der Waals surface area contributed by atoms with Crippen molar-refractivity contribution in [3.8, 4) is 0 Å². The van der Waals surface area contributed by atoms with Gasteiger partial charge in [-0.3, -0.25) is 38.5 Å². The summed E-state index contributed by atoms with van der Waals surface area (Å²) >= 11 is 1.37. The first kappa shape index (κ1) is 41.5. The van der Waals surface area contributed by atoms with Crippen molar-refractivity contribution in [1.29, 1.82) is 0 Å². The third-order valence-corrected chi connectivity index (χ3v) is 10.9. The number of hydrogen-bond acceptors (Lipinski definition) is 9. The molecular formula is C40H54N4O8S. The van der Waals surface area contributed by atoms with Crippen molar-refractivity contribution < 1.29 is 38.3 Å². The number of unbranched alkanes of at least 4 members (excludes halogenated alkanes) is 5. The number of amides is 5. The van der Waals surface area contributed by atoms with Gasteiger partial charge in [0.05, 0.1) is 24.9 Å². The summed E-state index contributed by atoms with van der Waals surface area (Å²) < 4.78 is 4.84. The minimum absolute atomic E-state index is 0.00822. The van der Waals surface area contributed by atoms with Crippen LogP contribution in [0.15, 0.2) is 59.5 Å². The van der Waals surface area contributed by atoms with Gasteiger partial charge in [-0.1, -0.05) is 49.6 Å². The van der Waals surface area contributed by atoms with Gasteiger partial charge in [0.2, 0.25) is 29.5 Å². The van der Waals surface area contributed by atoms with Gasteiger partial charge in [0.15, 0.2) is 0 Å². The summed E-state index contributed by atoms with van der Waals surface area (Å²) in [6, 6.07) is 16.9. The molecule has 1 unspecified atom stereocenters. The molecule has 0 bridgehead atoms. The number of likely N-dealkylation sites (tertiary alicyclic amines) is 1. The van der Waals surface area contributed by atoms with Crippen molar-refractivity contribution >= 4 is 53.0 Å². The number of anilines is 1. The number of methoxy groups -OCH3 is 1. The van der Waals surface area contributed by atoms with Crippen LogP contribution in [-0.2, 0) is 44.9 Å². The van der Waals surface area contributed by atoms with E-state index >= 15 is 0 Å². The molecule has 2 aliphatic rings. The number of nitrogens with zero attached hydrogens (tertiary/aromatic N) is 1. The number of imide groups is 1. The second kappa shape index (κ2) is 22.8. The first-order valence-electron chi connectivity index (χ1n) is 18.9. The number of benzene rings is 2. The molecule has 1 aliphatic carbocycles. The maximum atomic E-state index is 13.0. The number of para-hydroxylation sites is 1. The van der Waals surface area contributed by atoms with Crippen molar-refractivity contribution in [3.05, 3.63) is 60.2 Å². The maximum absolute atomic E-state index is 13.0. The number of rotatable bonds is 22. The Hall–Kier alpha value is -4.23. The molecule has 0 aromatic heterocycles. The summed E-state index contributed by atoms with van der Waals surface area (Å²) in [4.78, 5) is 81.4. The van der Waals surface area contributed by atoms with Crippen LogP contribution in [0.3, 0.4) is 0 Å². The predicted molar refractivity (Wildman–Crippen MR) is 202 cm³/mol. The van der Waals surface area contributed by atoms with Crippen LogP contribution in [0.5, 0.6) is 0 Å². The molecule has 1 aliphatic heterocycles. The Balaban J connectivity index is 1.01. The highest BCUT2D eigenvalue weighted by Crippen LogP contribution is 2.32. The normalized spacial score (nSPS) is 18.4. The standard InChI is InChI=1S/C40H54N4O8S/c1-51-40(50)31-21-17-29(18-22-31)27-41-35(45)14-10-5-11-25-44-38(48)26-34(39(44)49)53-33-23-19-30(20-24-33)28-52-43-37(47)16-9-3-2-8-15-36(46)42-32-12-6-4-7-13-32/h4,6-7,12-13,19-20,23-24,29,31,34H,2-3,5,8-11,14-18,21-22,25-28H2,1H3,(H,41,45)(H,42,46)(H,43,47). The van der Waals surface area contributed by atoms with Crippen molar-refractivity contribution in [2.45, 2.75) is 113 Å². The molecule has 53 heavy (non-hydrogen) atoms. The third-order valence-electron chi connectivity index (χ3n) is 9.70. The quantitative estimate of drug-likeness (QED) is 0.0560. The van der Waals surface area contributed by atoms with Crippen LogP contribution >= 0.6 is 11.8 Å². The van der Waals surface area contributed by atoms with Crippen LogP contribution in [-0.4, -0.2) is 65.9 Å². The molecular weight excluding hydrogens is 697 g/mol. The zero-order chi connectivity index (χ0) is 37.8. The van der Waals surface area contributed by atoms with E-state index in [4.69, 9.17) is 9.57 Å². The monoisotopic (exact) mass is 750 g/mol. The summed E-state index contributed by atoms with van der Waals surface area (Å²) in [5.74, 6) is -0.318. The molecule has 0 spiro atoms. The number of thioether (sulfide) groups is 1. The van der Waals surface area contributed by atoms with Gasteiger partial charge < -0.3 is 15.4 Å². The molecule has 5 amide bonds. The summed E-state index contributed by atoms with van der Waals surface area (Å²) in [6.07, 6.45) is 10.1. The smallest absolute Gasteiger partial charge is 0.308 e. The number of hydrogen-bond donors (Lipinski definition) is 3. The lowest BCUT2D eigenvalue weighted by Gasteiger charge is -2.26. The topological polar surface area (TPSA) is 160 Å². The molecule has 4 rings (SSSR count). The number of nitrogens with one attached hydrogen (secondary N) is 3. The Labute approximate surface area is 316 Å². The van der Waals surface area contributed by atoms with Crippen molar-refractivity contribution in [3.63, 3.8) is 0 Å². The Morgan fingerprint density at radius 1 is 0.774 bits per heavy atom. The van der Waals surface area contributed by atoms with Gasteiger partial charge in [0, 0.05) is 49.4 Å². The second-order valence-electron chi connectivity index (χ2n) is 13.8. The third kappa shape index (κ3) is 15.0. The van der Waals surface area contributed by atoms with E-state index in [1.54, 1.807) is 0 Å². The Morgan fingerprint density at radius 2 is 1.42 bits per heavy atom. The highest BCUT2D eigenvalue weighted by Gasteiger charge is 2.38.